The average Bonchev–Trinajstić information content (AvgIpc) is 2.80. The van der Waals surface area contributed by atoms with Crippen molar-refractivity contribution in [1.29, 1.82) is 0 Å². The molecule has 182 valence electrons. The first-order valence-corrected chi connectivity index (χ1v) is 11.8. The zero-order valence-corrected chi connectivity index (χ0v) is 20.5. The maximum Gasteiger partial charge on any atom is 0.293 e. The number of unbranched alkanes of at least 4 members (excludes halogenated alkanes) is 5. The van der Waals surface area contributed by atoms with E-state index in [-0.39, 0.29) is 18.6 Å². The summed E-state index contributed by atoms with van der Waals surface area (Å²) in [5.74, 6) is 0.863. The van der Waals surface area contributed by atoms with Crippen molar-refractivity contribution < 1.29 is 23.8 Å². The fraction of sp³-hybridized carbons (Fsp3) is 0.615. The molecule has 0 N–H and O–H groups in total. The van der Waals surface area contributed by atoms with Gasteiger partial charge in [0.15, 0.2) is 0 Å². The van der Waals surface area contributed by atoms with Crippen molar-refractivity contribution in [2.75, 3.05) is 26.4 Å². The average molecular weight is 450 g/mol. The lowest BCUT2D eigenvalue weighted by Crippen LogP contribution is -2.37. The Hall–Kier alpha value is -2.34. The topological polar surface area (TPSA) is 65.1 Å². The van der Waals surface area contributed by atoms with E-state index < -0.39 is 0 Å². The maximum atomic E-state index is 12.5. The predicted molar refractivity (Wildman–Crippen MR) is 130 cm³/mol. The van der Waals surface area contributed by atoms with E-state index in [1.54, 1.807) is 11.8 Å². The van der Waals surface area contributed by atoms with E-state index in [4.69, 9.17) is 9.47 Å². The summed E-state index contributed by atoms with van der Waals surface area (Å²) in [5, 5.41) is 0. The second kappa shape index (κ2) is 21.9. The summed E-state index contributed by atoms with van der Waals surface area (Å²) < 4.78 is 15.5. The summed E-state index contributed by atoms with van der Waals surface area (Å²) in [6.45, 7) is 10.2. The monoisotopic (exact) mass is 449 g/mol. The highest BCUT2D eigenvalue weighted by Gasteiger charge is 2.17. The highest BCUT2D eigenvalue weighted by molar-refractivity contribution is 5.78. The number of ether oxygens (including phenoxy) is 3. The number of carbonyl (C=O) groups excluding carboxylic acids is 2. The normalized spacial score (nSPS) is 11.4. The third-order valence-electron chi connectivity index (χ3n) is 4.72. The fourth-order valence-electron chi connectivity index (χ4n) is 2.93. The van der Waals surface area contributed by atoms with E-state index in [0.717, 1.165) is 18.6 Å². The first kappa shape index (κ1) is 29.7. The molecule has 6 nitrogen and oxygen atoms in total. The van der Waals surface area contributed by atoms with Crippen LogP contribution in [0.5, 0.6) is 5.75 Å². The van der Waals surface area contributed by atoms with Crippen LogP contribution in [0.15, 0.2) is 42.6 Å². The number of hydrogen-bond donors (Lipinski definition) is 0. The lowest BCUT2D eigenvalue weighted by molar-refractivity contribution is -0.135. The molecule has 0 saturated carbocycles. The van der Waals surface area contributed by atoms with Gasteiger partial charge in [-0.15, -0.1) is 0 Å². The van der Waals surface area contributed by atoms with Gasteiger partial charge in [0.25, 0.3) is 12.4 Å². The highest BCUT2D eigenvalue weighted by Crippen LogP contribution is 2.12. The fourth-order valence-corrected chi connectivity index (χ4v) is 2.93. The SMILES string of the molecule is CC=CN(C(=O)COCCCCCCCC)C(C)CCOc1ccccc1.CCOC=O. The van der Waals surface area contributed by atoms with Crippen LogP contribution in [0.1, 0.15) is 72.6 Å². The minimum Gasteiger partial charge on any atom is -0.494 e. The number of carbonyl (C=O) groups is 2. The van der Waals surface area contributed by atoms with Crippen molar-refractivity contribution in [2.24, 2.45) is 0 Å². The van der Waals surface area contributed by atoms with Crippen LogP contribution in [0, 0.1) is 0 Å². The number of hydrogen-bond acceptors (Lipinski definition) is 5. The molecule has 32 heavy (non-hydrogen) atoms. The molecule has 6 heteroatoms. The molecule has 0 aliphatic carbocycles. The zero-order valence-electron chi connectivity index (χ0n) is 20.5. The van der Waals surface area contributed by atoms with E-state index in [2.05, 4.69) is 11.7 Å². The molecule has 1 atom stereocenters. The molecule has 1 amide bonds. The van der Waals surface area contributed by atoms with Crippen molar-refractivity contribution in [1.82, 2.24) is 4.90 Å². The summed E-state index contributed by atoms with van der Waals surface area (Å²) in [5.41, 5.74) is 0. The molecule has 1 aromatic rings. The largest absolute Gasteiger partial charge is 0.494 e. The Labute approximate surface area is 194 Å². The van der Waals surface area contributed by atoms with Gasteiger partial charge in [0.2, 0.25) is 0 Å². The number of para-hydroxylation sites is 1. The van der Waals surface area contributed by atoms with Crippen LogP contribution < -0.4 is 4.74 Å². The Morgan fingerprint density at radius 1 is 1.03 bits per heavy atom. The minimum atomic E-state index is 0.00583. The number of nitrogens with zero attached hydrogens (tertiary/aromatic N) is 1. The molecule has 0 aliphatic rings. The molecule has 0 heterocycles. The molecule has 0 fully saturated rings. The minimum absolute atomic E-state index is 0.00583. The van der Waals surface area contributed by atoms with Gasteiger partial charge in [-0.2, -0.15) is 0 Å². The first-order chi connectivity index (χ1) is 15.6. The number of benzene rings is 1. The van der Waals surface area contributed by atoms with Crippen LogP contribution in [-0.4, -0.2) is 49.7 Å². The third-order valence-corrected chi connectivity index (χ3v) is 4.72. The Kier molecular flexibility index (Phi) is 20.3. The van der Waals surface area contributed by atoms with Gasteiger partial charge in [-0.3, -0.25) is 9.59 Å². The summed E-state index contributed by atoms with van der Waals surface area (Å²) in [7, 11) is 0. The van der Waals surface area contributed by atoms with Crippen molar-refractivity contribution in [3.63, 3.8) is 0 Å². The highest BCUT2D eigenvalue weighted by atomic mass is 16.5. The van der Waals surface area contributed by atoms with Gasteiger partial charge in [0.05, 0.1) is 13.2 Å². The molecule has 1 unspecified atom stereocenters. The lowest BCUT2D eigenvalue weighted by Gasteiger charge is -2.26. The Balaban J connectivity index is 0.00000172. The molecule has 0 spiro atoms. The van der Waals surface area contributed by atoms with Crippen LogP contribution in [0.2, 0.25) is 0 Å². The molecule has 1 rings (SSSR count). The van der Waals surface area contributed by atoms with E-state index in [0.29, 0.717) is 26.3 Å². The summed E-state index contributed by atoms with van der Waals surface area (Å²) in [6.07, 6.45) is 11.8. The second-order valence-electron chi connectivity index (χ2n) is 7.45. The van der Waals surface area contributed by atoms with Crippen LogP contribution in [0.3, 0.4) is 0 Å². The quantitative estimate of drug-likeness (QED) is 0.223. The molecular formula is C26H43NO5. The standard InChI is InChI=1S/C23H37NO3.C3H6O2/c1-4-6-7-8-9-13-18-26-20-23(25)24(17-5-2)21(3)16-19-27-22-14-11-10-12-15-22;1-2-5-3-4/h5,10-12,14-15,17,21H,4,6-9,13,16,18-20H2,1-3H3;3H,2H2,1H3. The number of rotatable bonds is 17. The van der Waals surface area contributed by atoms with Gasteiger partial charge >= 0.3 is 0 Å². The van der Waals surface area contributed by atoms with Crippen LogP contribution >= 0.6 is 0 Å². The molecular weight excluding hydrogens is 406 g/mol. The van der Waals surface area contributed by atoms with Gasteiger partial charge < -0.3 is 19.1 Å². The summed E-state index contributed by atoms with van der Waals surface area (Å²) >= 11 is 0. The molecule has 0 radical (unpaired) electrons. The Morgan fingerprint density at radius 2 is 1.72 bits per heavy atom. The Bertz CT molecular complexity index is 591. The summed E-state index contributed by atoms with van der Waals surface area (Å²) in [4.78, 5) is 23.4. The summed E-state index contributed by atoms with van der Waals surface area (Å²) in [6, 6.07) is 9.82. The third kappa shape index (κ3) is 16.4. The molecule has 0 bridgehead atoms. The first-order valence-electron chi connectivity index (χ1n) is 11.8. The number of amides is 1. The Morgan fingerprint density at radius 3 is 2.31 bits per heavy atom. The maximum absolute atomic E-state index is 12.5. The van der Waals surface area contributed by atoms with E-state index in [9.17, 15) is 9.59 Å². The van der Waals surface area contributed by atoms with Gasteiger partial charge in [0, 0.05) is 25.3 Å². The van der Waals surface area contributed by atoms with Crippen LogP contribution in [0.25, 0.3) is 0 Å². The van der Waals surface area contributed by atoms with Crippen molar-refractivity contribution in [3.8, 4) is 5.75 Å². The number of allylic oxidation sites excluding steroid dienone is 1. The lowest BCUT2D eigenvalue weighted by atomic mass is 10.1. The van der Waals surface area contributed by atoms with Gasteiger partial charge in [-0.05, 0) is 39.3 Å². The predicted octanol–water partition coefficient (Wildman–Crippen LogP) is 5.76. The smallest absolute Gasteiger partial charge is 0.293 e. The molecule has 0 aliphatic heterocycles. The molecule has 0 aromatic heterocycles. The van der Waals surface area contributed by atoms with E-state index >= 15 is 0 Å². The zero-order chi connectivity index (χ0) is 23.9. The van der Waals surface area contributed by atoms with Crippen molar-refractivity contribution in [2.45, 2.75) is 78.7 Å². The van der Waals surface area contributed by atoms with E-state index in [1.807, 2.05) is 56.5 Å². The second-order valence-corrected chi connectivity index (χ2v) is 7.45. The van der Waals surface area contributed by atoms with Crippen LogP contribution in [0.4, 0.5) is 0 Å². The van der Waals surface area contributed by atoms with Crippen molar-refractivity contribution in [3.05, 3.63) is 42.6 Å². The van der Waals surface area contributed by atoms with Crippen molar-refractivity contribution >= 4 is 12.4 Å². The van der Waals surface area contributed by atoms with Gasteiger partial charge in [0.1, 0.15) is 12.4 Å². The van der Waals surface area contributed by atoms with Gasteiger partial charge in [-0.25, -0.2) is 0 Å². The molecule has 1 aromatic carbocycles. The van der Waals surface area contributed by atoms with E-state index in [1.165, 1.54) is 32.1 Å². The van der Waals surface area contributed by atoms with Crippen LogP contribution in [-0.2, 0) is 19.1 Å². The molecule has 0 saturated heterocycles. The van der Waals surface area contributed by atoms with Gasteiger partial charge in [-0.1, -0.05) is 63.3 Å².